The normalized spacial score (nSPS) is 9.18. The second-order valence-electron chi connectivity index (χ2n) is 2.09. The molecular weight excluding hydrogens is 162 g/mol. The molecule has 0 atom stereocenters. The van der Waals surface area contributed by atoms with Gasteiger partial charge in [-0.3, -0.25) is 11.5 Å². The molecule has 0 amide bonds. The smallest absolute Gasteiger partial charge is 0.291 e. The fourth-order valence-electron chi connectivity index (χ4n) is 0.700. The molecule has 0 bridgehead atoms. The molecule has 0 saturated heterocycles. The van der Waals surface area contributed by atoms with Crippen molar-refractivity contribution < 1.29 is 4.99 Å². The van der Waals surface area contributed by atoms with Crippen molar-refractivity contribution in [2.45, 2.75) is 0 Å². The summed E-state index contributed by atoms with van der Waals surface area (Å²) in [6.45, 7) is 0. The van der Waals surface area contributed by atoms with Gasteiger partial charge in [0.15, 0.2) is 0 Å². The number of nitrogens with one attached hydrogen (secondary N) is 1. The lowest BCUT2D eigenvalue weighted by molar-refractivity contribution is -0.356. The van der Waals surface area contributed by atoms with Gasteiger partial charge in [0.25, 0.3) is 0 Å². The maximum Gasteiger partial charge on any atom is 0.343 e. The van der Waals surface area contributed by atoms with Crippen molar-refractivity contribution in [3.05, 3.63) is 29.3 Å². The van der Waals surface area contributed by atoms with E-state index >= 15 is 0 Å². The molecule has 0 aliphatic rings. The summed E-state index contributed by atoms with van der Waals surface area (Å²) in [4.78, 5) is 2.75. The molecule has 0 saturated carbocycles. The Kier molecular flexibility index (Phi) is 2.33. The maximum absolute atomic E-state index is 5.65. The molecule has 1 aromatic carbocycles. The van der Waals surface area contributed by atoms with Crippen LogP contribution in [0.3, 0.4) is 0 Å². The molecule has 5 N–H and O–H groups in total. The molecule has 4 heteroatoms. The fraction of sp³-hybridized carbons (Fsp3) is 0. The van der Waals surface area contributed by atoms with Gasteiger partial charge in [-0.05, 0) is 24.3 Å². The van der Waals surface area contributed by atoms with Gasteiger partial charge in [-0.2, -0.15) is 0 Å². The van der Waals surface area contributed by atoms with E-state index < -0.39 is 0 Å². The number of nitrogens with two attached hydrogens (primary N) is 2. The van der Waals surface area contributed by atoms with Gasteiger partial charge < -0.3 is 0 Å². The monoisotopic (exact) mass is 170 g/mol. The summed E-state index contributed by atoms with van der Waals surface area (Å²) in [6, 6.07) is 7.10. The van der Waals surface area contributed by atoms with Gasteiger partial charge in [0, 0.05) is 5.02 Å². The molecule has 0 heterocycles. The average Bonchev–Trinajstić information content (AvgIpc) is 1.93. The lowest BCUT2D eigenvalue weighted by Gasteiger charge is -1.91. The number of hydrogen-bond acceptors (Lipinski definition) is 0. The van der Waals surface area contributed by atoms with E-state index in [1.165, 1.54) is 0 Å². The highest BCUT2D eigenvalue weighted by molar-refractivity contribution is 6.30. The third-order valence-electron chi connectivity index (χ3n) is 1.13. The molecule has 0 aliphatic carbocycles. The van der Waals surface area contributed by atoms with Crippen LogP contribution in [-0.2, 0) is 0 Å². The van der Waals surface area contributed by atoms with Crippen LogP contribution in [-0.4, -0.2) is 5.96 Å². The lowest BCUT2D eigenvalue weighted by Crippen LogP contribution is -2.72. The van der Waals surface area contributed by atoms with Gasteiger partial charge in [0.05, 0.1) is 5.69 Å². The van der Waals surface area contributed by atoms with E-state index in [-0.39, 0.29) is 5.96 Å². The molecular formula is C7H9ClN3+. The largest absolute Gasteiger partial charge is 0.343 e. The first-order valence-corrected chi connectivity index (χ1v) is 3.47. The second kappa shape index (κ2) is 3.25. The zero-order chi connectivity index (χ0) is 8.27. The van der Waals surface area contributed by atoms with Crippen molar-refractivity contribution in [1.29, 1.82) is 0 Å². The van der Waals surface area contributed by atoms with Gasteiger partial charge in [-0.25, -0.2) is 4.99 Å². The fourth-order valence-corrected chi connectivity index (χ4v) is 0.826. The van der Waals surface area contributed by atoms with Crippen LogP contribution in [0, 0.1) is 0 Å². The predicted octanol–water partition coefficient (Wildman–Crippen LogP) is -0.675. The van der Waals surface area contributed by atoms with Gasteiger partial charge in [0.1, 0.15) is 0 Å². The van der Waals surface area contributed by atoms with Crippen LogP contribution in [0.5, 0.6) is 0 Å². The van der Waals surface area contributed by atoms with Crippen molar-refractivity contribution in [1.82, 2.24) is 0 Å². The third kappa shape index (κ3) is 2.47. The number of guanidine groups is 1. The minimum absolute atomic E-state index is 0.173. The first-order chi connectivity index (χ1) is 5.18. The molecule has 1 aromatic rings. The van der Waals surface area contributed by atoms with E-state index in [0.29, 0.717) is 5.02 Å². The number of hydrogen-bond donors (Lipinski definition) is 3. The van der Waals surface area contributed by atoms with Crippen LogP contribution >= 0.6 is 11.6 Å². The van der Waals surface area contributed by atoms with Crippen molar-refractivity contribution >= 4 is 23.2 Å². The van der Waals surface area contributed by atoms with E-state index in [9.17, 15) is 0 Å². The summed E-state index contributed by atoms with van der Waals surface area (Å²) in [5.74, 6) is 0.173. The molecule has 0 spiro atoms. The van der Waals surface area contributed by atoms with E-state index in [1.807, 2.05) is 0 Å². The quantitative estimate of drug-likeness (QED) is 0.387. The number of halogens is 1. The molecule has 0 fully saturated rings. The summed E-state index contributed by atoms with van der Waals surface area (Å²) in [6.07, 6.45) is 0. The average molecular weight is 171 g/mol. The SMILES string of the molecule is NC(N)=[NH+]c1ccc(Cl)cc1. The minimum atomic E-state index is 0.173. The number of rotatable bonds is 1. The van der Waals surface area contributed by atoms with Crippen molar-refractivity contribution in [2.24, 2.45) is 11.5 Å². The van der Waals surface area contributed by atoms with Crippen molar-refractivity contribution in [2.75, 3.05) is 0 Å². The Morgan fingerprint density at radius 1 is 1.18 bits per heavy atom. The zero-order valence-electron chi connectivity index (χ0n) is 5.84. The molecule has 0 aromatic heterocycles. The first-order valence-electron chi connectivity index (χ1n) is 3.09. The molecule has 11 heavy (non-hydrogen) atoms. The molecule has 1 rings (SSSR count). The zero-order valence-corrected chi connectivity index (χ0v) is 6.60. The maximum atomic E-state index is 5.65. The minimum Gasteiger partial charge on any atom is -0.291 e. The highest BCUT2D eigenvalue weighted by atomic mass is 35.5. The van der Waals surface area contributed by atoms with Gasteiger partial charge in [-0.1, -0.05) is 11.6 Å². The second-order valence-corrected chi connectivity index (χ2v) is 2.52. The van der Waals surface area contributed by atoms with Crippen LogP contribution in [0.25, 0.3) is 0 Å². The molecule has 0 unspecified atom stereocenters. The molecule has 0 radical (unpaired) electrons. The molecule has 3 nitrogen and oxygen atoms in total. The van der Waals surface area contributed by atoms with E-state index in [2.05, 4.69) is 4.99 Å². The standard InChI is InChI=1S/C7H8ClN3/c8-5-1-3-6(4-2-5)11-7(9)10/h1-4H,(H4,9,10,11)/p+1. The van der Waals surface area contributed by atoms with Crippen LogP contribution in [0.2, 0.25) is 5.02 Å². The summed E-state index contributed by atoms with van der Waals surface area (Å²) < 4.78 is 0. The first kappa shape index (κ1) is 7.88. The highest BCUT2D eigenvalue weighted by Gasteiger charge is 1.91. The Morgan fingerprint density at radius 3 is 2.18 bits per heavy atom. The van der Waals surface area contributed by atoms with Gasteiger partial charge in [0.2, 0.25) is 0 Å². The molecule has 0 aliphatic heterocycles. The Hall–Kier alpha value is -1.22. The summed E-state index contributed by atoms with van der Waals surface area (Å²) >= 11 is 5.65. The van der Waals surface area contributed by atoms with E-state index in [4.69, 9.17) is 23.1 Å². The van der Waals surface area contributed by atoms with Crippen LogP contribution in [0.1, 0.15) is 0 Å². The Balaban J connectivity index is 2.91. The van der Waals surface area contributed by atoms with Crippen LogP contribution in [0.15, 0.2) is 24.3 Å². The Labute approximate surface area is 69.7 Å². The topological polar surface area (TPSA) is 66.0 Å². The molecule has 58 valence electrons. The Bertz CT molecular complexity index is 262. The van der Waals surface area contributed by atoms with E-state index in [0.717, 1.165) is 5.69 Å². The summed E-state index contributed by atoms with van der Waals surface area (Å²) in [5, 5.41) is 0.686. The van der Waals surface area contributed by atoms with Gasteiger partial charge in [-0.15, -0.1) is 0 Å². The van der Waals surface area contributed by atoms with E-state index in [1.54, 1.807) is 24.3 Å². The third-order valence-corrected chi connectivity index (χ3v) is 1.38. The summed E-state index contributed by atoms with van der Waals surface area (Å²) in [5.41, 5.74) is 11.3. The van der Waals surface area contributed by atoms with Crippen molar-refractivity contribution in [3.8, 4) is 0 Å². The lowest BCUT2D eigenvalue weighted by atomic mass is 10.3. The van der Waals surface area contributed by atoms with Crippen LogP contribution in [0.4, 0.5) is 5.69 Å². The summed E-state index contributed by atoms with van der Waals surface area (Å²) in [7, 11) is 0. The van der Waals surface area contributed by atoms with Crippen molar-refractivity contribution in [3.63, 3.8) is 0 Å². The number of benzene rings is 1. The van der Waals surface area contributed by atoms with Crippen LogP contribution < -0.4 is 16.5 Å². The highest BCUT2D eigenvalue weighted by Crippen LogP contribution is 2.08. The Morgan fingerprint density at radius 2 is 1.73 bits per heavy atom. The van der Waals surface area contributed by atoms with Gasteiger partial charge >= 0.3 is 5.96 Å². The predicted molar refractivity (Wildman–Crippen MR) is 45.5 cm³/mol.